The zero-order valence-electron chi connectivity index (χ0n) is 17.8. The number of carbonyl (C=O) groups excluding carboxylic acids is 1. The average Bonchev–Trinajstić information content (AvgIpc) is 2.82. The molecule has 0 aromatic heterocycles. The summed E-state index contributed by atoms with van der Waals surface area (Å²) in [4.78, 5) is 15.2. The Morgan fingerprint density at radius 3 is 2.28 bits per heavy atom. The molecule has 2 aliphatic heterocycles. The van der Waals surface area contributed by atoms with Gasteiger partial charge in [-0.2, -0.15) is 4.31 Å². The topological polar surface area (TPSA) is 88.2 Å². The van der Waals surface area contributed by atoms with Gasteiger partial charge in [0.05, 0.1) is 36.9 Å². The Morgan fingerprint density at radius 2 is 1.62 bits per heavy atom. The Bertz CT molecular complexity index is 1100. The summed E-state index contributed by atoms with van der Waals surface area (Å²) in [6.07, 6.45) is 0. The van der Waals surface area contributed by atoms with Gasteiger partial charge in [-0.15, -0.1) is 0 Å². The van der Waals surface area contributed by atoms with E-state index in [0.29, 0.717) is 56.5 Å². The number of halogens is 1. The molecule has 2 aromatic carbocycles. The van der Waals surface area contributed by atoms with Gasteiger partial charge in [-0.3, -0.25) is 4.79 Å². The van der Waals surface area contributed by atoms with Gasteiger partial charge in [-0.25, -0.2) is 12.8 Å². The molecule has 0 radical (unpaired) electrons. The Morgan fingerprint density at radius 1 is 0.969 bits per heavy atom. The lowest BCUT2D eigenvalue weighted by atomic mass is 10.1. The number of anilines is 2. The van der Waals surface area contributed by atoms with Crippen molar-refractivity contribution in [1.82, 2.24) is 4.31 Å². The third-order valence-corrected chi connectivity index (χ3v) is 7.50. The van der Waals surface area contributed by atoms with Gasteiger partial charge >= 0.3 is 0 Å². The molecule has 172 valence electrons. The van der Waals surface area contributed by atoms with Gasteiger partial charge in [0.15, 0.2) is 0 Å². The molecular weight excluding hydrogens is 437 g/mol. The van der Waals surface area contributed by atoms with Gasteiger partial charge in [0.25, 0.3) is 5.91 Å². The number of morpholine rings is 2. The maximum atomic E-state index is 14.0. The highest BCUT2D eigenvalue weighted by Gasteiger charge is 2.29. The molecule has 1 N–H and O–H groups in total. The second-order valence-corrected chi connectivity index (χ2v) is 9.65. The van der Waals surface area contributed by atoms with Crippen LogP contribution in [-0.4, -0.2) is 71.2 Å². The van der Waals surface area contributed by atoms with E-state index in [1.807, 2.05) is 4.90 Å². The molecule has 2 aromatic rings. The molecule has 0 bridgehead atoms. The summed E-state index contributed by atoms with van der Waals surface area (Å²) in [6, 6.07) is 9.01. The summed E-state index contributed by atoms with van der Waals surface area (Å²) >= 11 is 0. The minimum absolute atomic E-state index is 0.0386. The molecule has 2 aliphatic rings. The number of nitrogens with zero attached hydrogens (tertiary/aromatic N) is 2. The molecule has 4 rings (SSSR count). The third kappa shape index (κ3) is 4.78. The number of ether oxygens (including phenoxy) is 2. The van der Waals surface area contributed by atoms with Crippen molar-refractivity contribution < 1.29 is 27.1 Å². The van der Waals surface area contributed by atoms with Crippen LogP contribution in [0.1, 0.15) is 15.9 Å². The molecule has 2 heterocycles. The van der Waals surface area contributed by atoms with Gasteiger partial charge in [-0.1, -0.05) is 6.07 Å². The first-order chi connectivity index (χ1) is 15.4. The van der Waals surface area contributed by atoms with Gasteiger partial charge in [0.1, 0.15) is 5.82 Å². The molecule has 1 amide bonds. The molecule has 8 nitrogen and oxygen atoms in total. The molecule has 0 saturated carbocycles. The normalized spacial score (nSPS) is 17.9. The molecule has 0 atom stereocenters. The molecule has 32 heavy (non-hydrogen) atoms. The number of sulfonamides is 1. The highest BCUT2D eigenvalue weighted by Crippen LogP contribution is 2.28. The van der Waals surface area contributed by atoms with Crippen molar-refractivity contribution in [3.05, 3.63) is 53.3 Å². The second kappa shape index (κ2) is 9.53. The van der Waals surface area contributed by atoms with Crippen LogP contribution in [0.3, 0.4) is 0 Å². The molecule has 0 aliphatic carbocycles. The summed E-state index contributed by atoms with van der Waals surface area (Å²) in [5.74, 6) is -0.936. The zero-order valence-corrected chi connectivity index (χ0v) is 18.7. The lowest BCUT2D eigenvalue weighted by Gasteiger charge is -2.31. The highest BCUT2D eigenvalue weighted by molar-refractivity contribution is 7.89. The first kappa shape index (κ1) is 22.7. The number of amides is 1. The predicted molar refractivity (Wildman–Crippen MR) is 118 cm³/mol. The number of aryl methyl sites for hydroxylation is 1. The van der Waals surface area contributed by atoms with Gasteiger partial charge in [0, 0.05) is 37.6 Å². The smallest absolute Gasteiger partial charge is 0.257 e. The number of rotatable bonds is 5. The Labute approximate surface area is 187 Å². The van der Waals surface area contributed by atoms with E-state index in [0.717, 1.165) is 0 Å². The lowest BCUT2D eigenvalue weighted by Crippen LogP contribution is -2.41. The van der Waals surface area contributed by atoms with Crippen LogP contribution in [0, 0.1) is 12.7 Å². The van der Waals surface area contributed by atoms with Crippen LogP contribution in [0.25, 0.3) is 0 Å². The molecule has 10 heteroatoms. The van der Waals surface area contributed by atoms with Crippen molar-refractivity contribution in [1.29, 1.82) is 0 Å². The van der Waals surface area contributed by atoms with Crippen LogP contribution < -0.4 is 10.2 Å². The van der Waals surface area contributed by atoms with Crippen LogP contribution in [0.5, 0.6) is 0 Å². The van der Waals surface area contributed by atoms with Crippen molar-refractivity contribution in [2.24, 2.45) is 0 Å². The second-order valence-electron chi connectivity index (χ2n) is 7.71. The van der Waals surface area contributed by atoms with E-state index in [1.165, 1.54) is 22.5 Å². The fourth-order valence-electron chi connectivity index (χ4n) is 3.74. The summed E-state index contributed by atoms with van der Waals surface area (Å²) in [5.41, 5.74) is 1.59. The molecule has 0 unspecified atom stereocenters. The van der Waals surface area contributed by atoms with Crippen molar-refractivity contribution in [3.63, 3.8) is 0 Å². The summed E-state index contributed by atoms with van der Waals surface area (Å²) in [5, 5.41) is 2.70. The molecule has 0 spiro atoms. The van der Waals surface area contributed by atoms with E-state index in [9.17, 15) is 17.6 Å². The minimum atomic E-state index is -3.78. The van der Waals surface area contributed by atoms with E-state index in [2.05, 4.69) is 5.32 Å². The number of hydrogen-bond donors (Lipinski definition) is 1. The highest BCUT2D eigenvalue weighted by atomic mass is 32.2. The van der Waals surface area contributed by atoms with Crippen LogP contribution in [0.2, 0.25) is 0 Å². The number of benzene rings is 2. The van der Waals surface area contributed by atoms with Crippen molar-refractivity contribution in [2.45, 2.75) is 11.8 Å². The maximum absolute atomic E-state index is 14.0. The first-order valence-electron chi connectivity index (χ1n) is 10.5. The van der Waals surface area contributed by atoms with E-state index in [1.54, 1.807) is 25.1 Å². The van der Waals surface area contributed by atoms with Crippen LogP contribution >= 0.6 is 0 Å². The van der Waals surface area contributed by atoms with E-state index in [-0.39, 0.29) is 23.5 Å². The van der Waals surface area contributed by atoms with E-state index < -0.39 is 21.7 Å². The van der Waals surface area contributed by atoms with Crippen LogP contribution in [-0.2, 0) is 19.5 Å². The summed E-state index contributed by atoms with van der Waals surface area (Å²) in [7, 11) is -3.78. The standard InChI is InChI=1S/C22H26FN3O5S/c1-16-2-3-17(14-20(16)23)24-22(27)19-15-18(32(28,29)26-8-12-31-13-9-26)4-5-21(19)25-6-10-30-11-7-25/h2-5,14-15H,6-13H2,1H3,(H,24,27). The average molecular weight is 464 g/mol. The number of hydrogen-bond acceptors (Lipinski definition) is 6. The fourth-order valence-corrected chi connectivity index (χ4v) is 5.18. The monoisotopic (exact) mass is 463 g/mol. The molecule has 2 saturated heterocycles. The van der Waals surface area contributed by atoms with E-state index in [4.69, 9.17) is 9.47 Å². The van der Waals surface area contributed by atoms with Gasteiger partial charge in [-0.05, 0) is 42.8 Å². The lowest BCUT2D eigenvalue weighted by molar-refractivity contribution is 0.0730. The maximum Gasteiger partial charge on any atom is 0.257 e. The van der Waals surface area contributed by atoms with Crippen molar-refractivity contribution in [3.8, 4) is 0 Å². The van der Waals surface area contributed by atoms with Crippen molar-refractivity contribution in [2.75, 3.05) is 62.8 Å². The van der Waals surface area contributed by atoms with Crippen molar-refractivity contribution >= 4 is 27.3 Å². The van der Waals surface area contributed by atoms with Crippen LogP contribution in [0.15, 0.2) is 41.3 Å². The third-order valence-electron chi connectivity index (χ3n) is 5.60. The quantitative estimate of drug-likeness (QED) is 0.732. The Hall–Kier alpha value is -2.53. The minimum Gasteiger partial charge on any atom is -0.379 e. The number of nitrogens with one attached hydrogen (secondary N) is 1. The largest absolute Gasteiger partial charge is 0.379 e. The Balaban J connectivity index is 1.70. The van der Waals surface area contributed by atoms with Gasteiger partial charge in [0.2, 0.25) is 10.0 Å². The van der Waals surface area contributed by atoms with Gasteiger partial charge < -0.3 is 19.7 Å². The summed E-state index contributed by atoms with van der Waals surface area (Å²) in [6.45, 7) is 5.00. The zero-order chi connectivity index (χ0) is 22.7. The predicted octanol–water partition coefficient (Wildman–Crippen LogP) is 2.24. The van der Waals surface area contributed by atoms with Crippen LogP contribution in [0.4, 0.5) is 15.8 Å². The number of carbonyl (C=O) groups is 1. The summed E-state index contributed by atoms with van der Waals surface area (Å²) < 4.78 is 52.3. The molecule has 2 fully saturated rings. The fraction of sp³-hybridized carbons (Fsp3) is 0.409. The van der Waals surface area contributed by atoms with E-state index >= 15 is 0 Å². The Kier molecular flexibility index (Phi) is 6.75. The first-order valence-corrected chi connectivity index (χ1v) is 11.9. The molecular formula is C22H26FN3O5S. The SMILES string of the molecule is Cc1ccc(NC(=O)c2cc(S(=O)(=O)N3CCOCC3)ccc2N2CCOCC2)cc1F.